The number of aromatic nitrogens is 1. The van der Waals surface area contributed by atoms with Gasteiger partial charge in [-0.25, -0.2) is 12.8 Å². The van der Waals surface area contributed by atoms with Gasteiger partial charge in [0.2, 0.25) is 10.0 Å². The second-order valence-corrected chi connectivity index (χ2v) is 6.93. The lowest BCUT2D eigenvalue weighted by Crippen LogP contribution is -2.42. The molecule has 0 aliphatic heterocycles. The van der Waals surface area contributed by atoms with Gasteiger partial charge < -0.3 is 4.74 Å². The van der Waals surface area contributed by atoms with E-state index in [1.807, 2.05) is 0 Å². The molecule has 8 heteroatoms. The predicted octanol–water partition coefficient (Wildman–Crippen LogP) is 1.23. The molecule has 1 N–H and O–H groups in total. The second kappa shape index (κ2) is 5.84. The smallest absolute Gasteiger partial charge is 0.324 e. The molecule has 0 bridgehead atoms. The van der Waals surface area contributed by atoms with E-state index >= 15 is 0 Å². The van der Waals surface area contributed by atoms with E-state index in [0.29, 0.717) is 0 Å². The maximum atomic E-state index is 13.0. The highest BCUT2D eigenvalue weighted by Crippen LogP contribution is 2.12. The summed E-state index contributed by atoms with van der Waals surface area (Å²) in [4.78, 5) is 14.8. The summed E-state index contributed by atoms with van der Waals surface area (Å²) in [6.45, 7) is 6.35. The zero-order valence-electron chi connectivity index (χ0n) is 11.7. The summed E-state index contributed by atoms with van der Waals surface area (Å²) in [7, 11) is -4.04. The van der Waals surface area contributed by atoms with Crippen molar-refractivity contribution in [2.45, 2.75) is 44.2 Å². The average molecular weight is 304 g/mol. The molecule has 0 saturated carbocycles. The highest BCUT2D eigenvalue weighted by molar-refractivity contribution is 7.89. The van der Waals surface area contributed by atoms with Crippen molar-refractivity contribution in [2.75, 3.05) is 0 Å². The molecule has 0 aromatic carbocycles. The number of nitrogens with zero attached hydrogens (tertiary/aromatic N) is 1. The maximum absolute atomic E-state index is 13.0. The Labute approximate surface area is 117 Å². The molecule has 6 nitrogen and oxygen atoms in total. The van der Waals surface area contributed by atoms with Crippen LogP contribution < -0.4 is 4.72 Å². The van der Waals surface area contributed by atoms with Gasteiger partial charge in [0.05, 0.1) is 6.20 Å². The summed E-state index contributed by atoms with van der Waals surface area (Å²) in [6, 6.07) is -0.278. The van der Waals surface area contributed by atoms with Crippen molar-refractivity contribution in [3.8, 4) is 0 Å². The number of pyridine rings is 1. The summed E-state index contributed by atoms with van der Waals surface area (Å²) in [5, 5.41) is 0. The minimum Gasteiger partial charge on any atom is -0.459 e. The molecule has 0 spiro atoms. The van der Waals surface area contributed by atoms with Gasteiger partial charge in [0, 0.05) is 6.20 Å². The van der Waals surface area contributed by atoms with E-state index in [1.165, 1.54) is 6.92 Å². The molecule has 0 radical (unpaired) electrons. The Morgan fingerprint density at radius 2 is 2.00 bits per heavy atom. The van der Waals surface area contributed by atoms with Gasteiger partial charge in [-0.2, -0.15) is 4.72 Å². The number of carbonyl (C=O) groups excluding carboxylic acids is 1. The fourth-order valence-corrected chi connectivity index (χ4v) is 2.44. The highest BCUT2D eigenvalue weighted by atomic mass is 32.2. The summed E-state index contributed by atoms with van der Waals surface area (Å²) in [5.74, 6) is -1.50. The molecule has 0 aliphatic carbocycles. The number of hydrogen-bond donors (Lipinski definition) is 1. The SMILES string of the molecule is C[C@@H](NS(=O)(=O)c1cncc(F)c1)C(=O)OC(C)(C)C. The van der Waals surface area contributed by atoms with Crippen molar-refractivity contribution >= 4 is 16.0 Å². The van der Waals surface area contributed by atoms with Crippen LogP contribution in [-0.2, 0) is 19.6 Å². The van der Waals surface area contributed by atoms with Gasteiger partial charge in [0.15, 0.2) is 0 Å². The van der Waals surface area contributed by atoms with Crippen molar-refractivity contribution in [3.05, 3.63) is 24.3 Å². The number of nitrogens with one attached hydrogen (secondary N) is 1. The maximum Gasteiger partial charge on any atom is 0.324 e. The molecule has 0 amide bonds. The van der Waals surface area contributed by atoms with E-state index in [9.17, 15) is 17.6 Å². The van der Waals surface area contributed by atoms with Crippen molar-refractivity contribution < 1.29 is 22.3 Å². The normalized spacial score (nSPS) is 13.8. The summed E-state index contributed by atoms with van der Waals surface area (Å²) < 4.78 is 44.0. The fourth-order valence-electron chi connectivity index (χ4n) is 1.28. The number of carbonyl (C=O) groups is 1. The lowest BCUT2D eigenvalue weighted by molar-refractivity contribution is -0.156. The standard InChI is InChI=1S/C12H17FN2O4S/c1-8(11(16)19-12(2,3)4)15-20(17,18)10-5-9(13)6-14-7-10/h5-8,15H,1-4H3/t8-/m1/s1. The monoisotopic (exact) mass is 304 g/mol. The lowest BCUT2D eigenvalue weighted by Gasteiger charge is -2.22. The van der Waals surface area contributed by atoms with E-state index in [-0.39, 0.29) is 4.90 Å². The van der Waals surface area contributed by atoms with Crippen LogP contribution in [0.3, 0.4) is 0 Å². The van der Waals surface area contributed by atoms with Crippen LogP contribution in [0.5, 0.6) is 0 Å². The van der Waals surface area contributed by atoms with E-state index in [4.69, 9.17) is 4.74 Å². The van der Waals surface area contributed by atoms with Gasteiger partial charge >= 0.3 is 5.97 Å². The van der Waals surface area contributed by atoms with Crippen LogP contribution in [0.15, 0.2) is 23.4 Å². The largest absolute Gasteiger partial charge is 0.459 e. The molecule has 1 rings (SSSR count). The summed E-state index contributed by atoms with van der Waals surface area (Å²) in [5.41, 5.74) is -0.725. The van der Waals surface area contributed by atoms with Crippen LogP contribution in [0, 0.1) is 5.82 Å². The first-order valence-corrected chi connectivity index (χ1v) is 7.35. The van der Waals surface area contributed by atoms with Crippen LogP contribution >= 0.6 is 0 Å². The lowest BCUT2D eigenvalue weighted by atomic mass is 10.2. The van der Waals surface area contributed by atoms with Gasteiger partial charge in [-0.05, 0) is 33.8 Å². The molecule has 0 aliphatic rings. The average Bonchev–Trinajstić information content (AvgIpc) is 2.26. The quantitative estimate of drug-likeness (QED) is 0.846. The van der Waals surface area contributed by atoms with Crippen LogP contribution in [0.4, 0.5) is 4.39 Å². The minimum atomic E-state index is -4.04. The third-order valence-corrected chi connectivity index (χ3v) is 3.59. The molecule has 20 heavy (non-hydrogen) atoms. The van der Waals surface area contributed by atoms with Crippen LogP contribution in [-0.4, -0.2) is 31.0 Å². The number of esters is 1. The molecular weight excluding hydrogens is 287 g/mol. The van der Waals surface area contributed by atoms with Crippen molar-refractivity contribution in [2.24, 2.45) is 0 Å². The summed E-state index contributed by atoms with van der Waals surface area (Å²) >= 11 is 0. The number of sulfonamides is 1. The molecule has 0 saturated heterocycles. The third-order valence-electron chi connectivity index (χ3n) is 2.08. The van der Waals surface area contributed by atoms with Crippen LogP contribution in [0.1, 0.15) is 27.7 Å². The fraction of sp³-hybridized carbons (Fsp3) is 0.500. The molecule has 1 heterocycles. The number of hydrogen-bond acceptors (Lipinski definition) is 5. The Morgan fingerprint density at radius 3 is 2.50 bits per heavy atom. The number of ether oxygens (including phenoxy) is 1. The topological polar surface area (TPSA) is 85.4 Å². The van der Waals surface area contributed by atoms with E-state index in [2.05, 4.69) is 9.71 Å². The Hall–Kier alpha value is -1.54. The van der Waals surface area contributed by atoms with Crippen LogP contribution in [0.2, 0.25) is 0 Å². The van der Waals surface area contributed by atoms with Crippen molar-refractivity contribution in [3.63, 3.8) is 0 Å². The van der Waals surface area contributed by atoms with Crippen molar-refractivity contribution in [1.82, 2.24) is 9.71 Å². The minimum absolute atomic E-state index is 0.354. The first-order valence-electron chi connectivity index (χ1n) is 5.87. The molecule has 0 unspecified atom stereocenters. The zero-order chi connectivity index (χ0) is 15.6. The second-order valence-electron chi connectivity index (χ2n) is 5.22. The van der Waals surface area contributed by atoms with E-state index in [1.54, 1.807) is 20.8 Å². The van der Waals surface area contributed by atoms with Crippen molar-refractivity contribution in [1.29, 1.82) is 0 Å². The third kappa shape index (κ3) is 4.86. The first-order chi connectivity index (χ1) is 9.01. The zero-order valence-corrected chi connectivity index (χ0v) is 12.5. The van der Waals surface area contributed by atoms with E-state index < -0.39 is 33.5 Å². The molecule has 1 aromatic rings. The molecule has 112 valence electrons. The van der Waals surface area contributed by atoms with Gasteiger partial charge in [0.25, 0.3) is 0 Å². The number of rotatable bonds is 4. The Morgan fingerprint density at radius 1 is 1.40 bits per heavy atom. The van der Waals surface area contributed by atoms with Crippen LogP contribution in [0.25, 0.3) is 0 Å². The first kappa shape index (κ1) is 16.5. The summed E-state index contributed by atoms with van der Waals surface area (Å²) in [6.07, 6.45) is 1.88. The highest BCUT2D eigenvalue weighted by Gasteiger charge is 2.26. The van der Waals surface area contributed by atoms with Gasteiger partial charge in [-0.15, -0.1) is 0 Å². The number of halogens is 1. The molecular formula is C12H17FN2O4S. The van der Waals surface area contributed by atoms with Gasteiger partial charge in [-0.1, -0.05) is 0 Å². The Kier molecular flexibility index (Phi) is 4.82. The molecule has 1 atom stereocenters. The molecule has 0 fully saturated rings. The Balaban J connectivity index is 2.84. The van der Waals surface area contributed by atoms with E-state index in [0.717, 1.165) is 18.5 Å². The van der Waals surface area contributed by atoms with Gasteiger partial charge in [0.1, 0.15) is 22.4 Å². The predicted molar refractivity (Wildman–Crippen MR) is 69.8 cm³/mol. The van der Waals surface area contributed by atoms with Gasteiger partial charge in [-0.3, -0.25) is 9.78 Å². The Bertz CT molecular complexity index is 596. The molecule has 1 aromatic heterocycles.